The van der Waals surface area contributed by atoms with E-state index in [1.165, 1.54) is 0 Å². The fourth-order valence-corrected chi connectivity index (χ4v) is 3.48. The van der Waals surface area contributed by atoms with E-state index in [4.69, 9.17) is 10.5 Å². The number of ether oxygens (including phenoxy) is 1. The van der Waals surface area contributed by atoms with Crippen LogP contribution in [-0.2, 0) is 18.3 Å². The van der Waals surface area contributed by atoms with Gasteiger partial charge >= 0.3 is 0 Å². The summed E-state index contributed by atoms with van der Waals surface area (Å²) in [6.07, 6.45) is 6.67. The third-order valence-electron chi connectivity index (χ3n) is 4.23. The fourth-order valence-electron chi connectivity index (χ4n) is 3.15. The molecule has 4 rings (SSSR count). The van der Waals surface area contributed by atoms with Crippen LogP contribution in [0.1, 0.15) is 6.42 Å². The Kier molecular flexibility index (Phi) is 4.33. The summed E-state index contributed by atoms with van der Waals surface area (Å²) in [4.78, 5) is 13.2. The normalized spacial score (nSPS) is 11.7. The molecule has 9 heteroatoms. The Hall–Kier alpha value is -2.52. The third kappa shape index (κ3) is 2.93. The van der Waals surface area contributed by atoms with E-state index >= 15 is 0 Å². The van der Waals surface area contributed by atoms with E-state index in [-0.39, 0.29) is 5.95 Å². The lowest BCUT2D eigenvalue weighted by Gasteiger charge is -2.04. The number of halogens is 1. The van der Waals surface area contributed by atoms with E-state index < -0.39 is 0 Å². The van der Waals surface area contributed by atoms with Gasteiger partial charge in [-0.3, -0.25) is 4.68 Å². The molecule has 0 atom stereocenters. The van der Waals surface area contributed by atoms with E-state index in [2.05, 4.69) is 46.7 Å². The molecule has 0 unspecified atom stereocenters. The minimum Gasteiger partial charge on any atom is -0.385 e. The van der Waals surface area contributed by atoms with Crippen molar-refractivity contribution in [1.29, 1.82) is 0 Å². The number of hydrogen-bond donors (Lipinski definition) is 1. The number of pyridine rings is 1. The summed E-state index contributed by atoms with van der Waals surface area (Å²) in [5.41, 5.74) is 10.1. The van der Waals surface area contributed by atoms with Gasteiger partial charge in [0.15, 0.2) is 0 Å². The van der Waals surface area contributed by atoms with Crippen LogP contribution < -0.4 is 5.73 Å². The van der Waals surface area contributed by atoms with E-state index in [0.29, 0.717) is 6.61 Å². The van der Waals surface area contributed by atoms with Crippen LogP contribution >= 0.6 is 15.9 Å². The average Bonchev–Trinajstić information content (AvgIpc) is 3.14. The van der Waals surface area contributed by atoms with Crippen molar-refractivity contribution in [2.75, 3.05) is 19.5 Å². The lowest BCUT2D eigenvalue weighted by Crippen LogP contribution is -2.00. The van der Waals surface area contributed by atoms with Gasteiger partial charge in [-0.15, -0.1) is 0 Å². The van der Waals surface area contributed by atoms with Crippen LogP contribution in [0.5, 0.6) is 0 Å². The van der Waals surface area contributed by atoms with E-state index in [1.54, 1.807) is 11.8 Å². The van der Waals surface area contributed by atoms with E-state index in [9.17, 15) is 0 Å². The quantitative estimate of drug-likeness (QED) is 0.397. The lowest BCUT2D eigenvalue weighted by molar-refractivity contribution is 0.190. The number of rotatable bonds is 5. The average molecular weight is 416 g/mol. The maximum atomic E-state index is 5.95. The summed E-state index contributed by atoms with van der Waals surface area (Å²) < 4.78 is 9.82. The Bertz CT molecular complexity index is 1100. The van der Waals surface area contributed by atoms with Gasteiger partial charge in [0.05, 0.1) is 17.9 Å². The van der Waals surface area contributed by atoms with E-state index in [0.717, 1.165) is 50.8 Å². The molecule has 0 bridgehead atoms. The van der Waals surface area contributed by atoms with Crippen molar-refractivity contribution in [3.05, 3.63) is 29.3 Å². The highest BCUT2D eigenvalue weighted by Gasteiger charge is 2.18. The number of aromatic nitrogens is 6. The van der Waals surface area contributed by atoms with Gasteiger partial charge in [-0.05, 0) is 28.4 Å². The molecule has 0 aliphatic rings. The third-order valence-corrected chi connectivity index (χ3v) is 4.67. The Balaban J connectivity index is 1.95. The van der Waals surface area contributed by atoms with Gasteiger partial charge in [-0.2, -0.15) is 5.10 Å². The Morgan fingerprint density at radius 2 is 2.12 bits per heavy atom. The van der Waals surface area contributed by atoms with Gasteiger partial charge in [0, 0.05) is 44.5 Å². The molecular formula is C17H18BrN7O. The minimum absolute atomic E-state index is 0.230. The number of nitrogens with two attached hydrogens (primary N) is 1. The molecular weight excluding hydrogens is 398 g/mol. The number of fused-ring (bicyclic) bond motifs is 2. The first-order chi connectivity index (χ1) is 12.6. The van der Waals surface area contributed by atoms with Crippen molar-refractivity contribution < 1.29 is 4.74 Å². The first-order valence-electron chi connectivity index (χ1n) is 8.17. The molecule has 0 amide bonds. The Morgan fingerprint density at radius 1 is 1.27 bits per heavy atom. The highest BCUT2D eigenvalue weighted by Crippen LogP contribution is 2.34. The second kappa shape index (κ2) is 6.65. The van der Waals surface area contributed by atoms with Gasteiger partial charge in [-0.1, -0.05) is 0 Å². The van der Waals surface area contributed by atoms with Gasteiger partial charge in [-0.25, -0.2) is 15.0 Å². The van der Waals surface area contributed by atoms with E-state index in [1.807, 2.05) is 25.5 Å². The highest BCUT2D eigenvalue weighted by molar-refractivity contribution is 9.10. The number of nitrogens with zero attached hydrogens (tertiary/aromatic N) is 6. The predicted molar refractivity (Wildman–Crippen MR) is 104 cm³/mol. The smallest absolute Gasteiger partial charge is 0.221 e. The molecule has 0 spiro atoms. The van der Waals surface area contributed by atoms with Gasteiger partial charge in [0.25, 0.3) is 0 Å². The molecule has 4 aromatic rings. The summed E-state index contributed by atoms with van der Waals surface area (Å²) >= 11 is 3.46. The number of anilines is 1. The lowest BCUT2D eigenvalue weighted by atomic mass is 10.1. The molecule has 2 N–H and O–H groups in total. The van der Waals surface area contributed by atoms with Crippen LogP contribution in [0, 0.1) is 0 Å². The first kappa shape index (κ1) is 16.9. The van der Waals surface area contributed by atoms with Crippen molar-refractivity contribution in [3.63, 3.8) is 0 Å². The molecule has 0 fully saturated rings. The first-order valence-corrected chi connectivity index (χ1v) is 8.96. The van der Waals surface area contributed by atoms with Crippen LogP contribution in [0.3, 0.4) is 0 Å². The zero-order valence-electron chi connectivity index (χ0n) is 14.5. The van der Waals surface area contributed by atoms with Crippen LogP contribution in [0.15, 0.2) is 29.3 Å². The molecule has 8 nitrogen and oxygen atoms in total. The van der Waals surface area contributed by atoms with Gasteiger partial charge in [0.1, 0.15) is 21.3 Å². The van der Waals surface area contributed by atoms with Gasteiger partial charge < -0.3 is 15.0 Å². The molecule has 4 aromatic heterocycles. The number of hydrogen-bond acceptors (Lipinski definition) is 6. The summed E-state index contributed by atoms with van der Waals surface area (Å²) in [6.45, 7) is 1.52. The molecule has 0 radical (unpaired) electrons. The van der Waals surface area contributed by atoms with Crippen molar-refractivity contribution in [2.24, 2.45) is 7.05 Å². The zero-order valence-corrected chi connectivity index (χ0v) is 16.1. The minimum atomic E-state index is 0.230. The van der Waals surface area contributed by atoms with Crippen molar-refractivity contribution in [3.8, 4) is 11.3 Å². The SMILES string of the molecule is COCCCn1cc(-c2nc(N)nc3cn(C)nc23)c2cc(Br)ncc21. The molecule has 0 aromatic carbocycles. The monoisotopic (exact) mass is 415 g/mol. The number of aryl methyl sites for hydroxylation is 2. The van der Waals surface area contributed by atoms with Crippen molar-refractivity contribution in [1.82, 2.24) is 29.3 Å². The largest absolute Gasteiger partial charge is 0.385 e. The molecule has 0 saturated heterocycles. The maximum absolute atomic E-state index is 5.95. The Labute approximate surface area is 158 Å². The summed E-state index contributed by atoms with van der Waals surface area (Å²) in [5.74, 6) is 0.230. The molecule has 4 heterocycles. The molecule has 0 aliphatic carbocycles. The summed E-state index contributed by atoms with van der Waals surface area (Å²) in [5, 5.41) is 5.56. The molecule has 0 saturated carbocycles. The predicted octanol–water partition coefficient (Wildman–Crippen LogP) is 2.76. The second-order valence-electron chi connectivity index (χ2n) is 6.07. The standard InChI is InChI=1S/C17H18BrN7O/c1-24-9-12-16(23-24)15(22-17(19)21-12)11-8-25(4-3-5-26-2)13-7-20-14(18)6-10(11)13/h6-9H,3-5H2,1-2H3,(H2,19,21). The molecule has 0 aliphatic heterocycles. The number of methoxy groups -OCH3 is 1. The molecule has 134 valence electrons. The van der Waals surface area contributed by atoms with Crippen LogP contribution in [0.4, 0.5) is 5.95 Å². The van der Waals surface area contributed by atoms with Crippen LogP contribution in [-0.4, -0.2) is 43.0 Å². The summed E-state index contributed by atoms with van der Waals surface area (Å²) in [6, 6.07) is 1.99. The fraction of sp³-hybridized carbons (Fsp3) is 0.294. The summed E-state index contributed by atoms with van der Waals surface area (Å²) in [7, 11) is 3.57. The Morgan fingerprint density at radius 3 is 2.92 bits per heavy atom. The molecule has 26 heavy (non-hydrogen) atoms. The van der Waals surface area contributed by atoms with Crippen LogP contribution in [0.25, 0.3) is 33.2 Å². The van der Waals surface area contributed by atoms with Crippen molar-refractivity contribution in [2.45, 2.75) is 13.0 Å². The second-order valence-corrected chi connectivity index (χ2v) is 6.89. The topological polar surface area (TPSA) is 96.7 Å². The maximum Gasteiger partial charge on any atom is 0.221 e. The van der Waals surface area contributed by atoms with Crippen LogP contribution in [0.2, 0.25) is 0 Å². The van der Waals surface area contributed by atoms with Crippen molar-refractivity contribution >= 4 is 43.8 Å². The zero-order chi connectivity index (χ0) is 18.3. The highest BCUT2D eigenvalue weighted by atomic mass is 79.9. The number of nitrogen functional groups attached to an aromatic ring is 1. The van der Waals surface area contributed by atoms with Gasteiger partial charge in [0.2, 0.25) is 5.95 Å².